The molecule has 0 bridgehead atoms. The van der Waals surface area contributed by atoms with Crippen molar-refractivity contribution in [3.63, 3.8) is 0 Å². The Kier molecular flexibility index (Phi) is 11.6. The smallest absolute Gasteiger partial charge is 0.248 e. The molecule has 0 fully saturated rings. The zero-order valence-corrected chi connectivity index (χ0v) is 25.9. The molecular weight excluding hydrogens is 535 g/mol. The van der Waals surface area contributed by atoms with Crippen molar-refractivity contribution >= 4 is 23.5 Å². The molecule has 0 heterocycles. The lowest BCUT2D eigenvalue weighted by Crippen LogP contribution is -2.23. The molecule has 0 atom stereocenters. The Morgan fingerprint density at radius 1 is 0.683 bits per heavy atom. The van der Waals surface area contributed by atoms with Gasteiger partial charge in [0.1, 0.15) is 0 Å². The monoisotopic (exact) mass is 576 g/mol. The van der Waals surface area contributed by atoms with E-state index in [0.717, 1.165) is 16.7 Å². The van der Waals surface area contributed by atoms with Gasteiger partial charge < -0.3 is 18.8 Å². The van der Waals surface area contributed by atoms with Crippen LogP contribution in [-0.2, 0) is 25.4 Å². The largest absolute Gasteiger partial charge is 0.377 e. The summed E-state index contributed by atoms with van der Waals surface area (Å²) in [6, 6.07) is 14.3. The number of ether oxygens (including phenoxy) is 3. The quantitative estimate of drug-likeness (QED) is 0.111. The Balaban J connectivity index is 1.89. The van der Waals surface area contributed by atoms with Crippen LogP contribution in [-0.4, -0.2) is 44.1 Å². The molecule has 0 N–H and O–H groups in total. The van der Waals surface area contributed by atoms with Crippen LogP contribution in [0.15, 0.2) is 61.2 Å². The molecule has 0 saturated carbocycles. The van der Waals surface area contributed by atoms with Gasteiger partial charge in [0.15, 0.2) is 0 Å². The van der Waals surface area contributed by atoms with Gasteiger partial charge in [-0.25, -0.2) is 0 Å². The minimum atomic E-state index is -4.26. The highest BCUT2D eigenvalue weighted by atomic mass is 31.2. The van der Waals surface area contributed by atoms with Crippen molar-refractivity contribution in [1.29, 1.82) is 0 Å². The summed E-state index contributed by atoms with van der Waals surface area (Å²) in [4.78, 5) is 28.5. The van der Waals surface area contributed by atoms with Gasteiger partial charge in [0.25, 0.3) is 0 Å². The number of hydrogen-bond acceptors (Lipinski definition) is 6. The molecule has 3 rings (SSSR count). The maximum Gasteiger partial charge on any atom is 0.248 e. The van der Waals surface area contributed by atoms with Crippen LogP contribution >= 0.6 is 7.14 Å². The standard InChI is InChI=1S/C34H41O6P/c1-8-13-38-14-15-39-16-17-40-22-29-9-11-30(12-10-29)41(37,33(35)31-25(4)18-23(2)19-26(31)5)34(36)32-27(6)20-24(3)21-28(32)7/h8-12,18-21H,1,13-17,22H2,2-7H3. The van der Waals surface area contributed by atoms with Crippen LogP contribution in [0, 0.1) is 41.5 Å². The molecule has 7 heteroatoms. The van der Waals surface area contributed by atoms with Crippen molar-refractivity contribution in [2.24, 2.45) is 0 Å². The van der Waals surface area contributed by atoms with Gasteiger partial charge in [0.2, 0.25) is 18.2 Å². The zero-order valence-electron chi connectivity index (χ0n) is 25.0. The highest BCUT2D eigenvalue weighted by Crippen LogP contribution is 2.52. The van der Waals surface area contributed by atoms with Crippen LogP contribution in [0.2, 0.25) is 0 Å². The van der Waals surface area contributed by atoms with E-state index in [1.807, 2.05) is 65.8 Å². The summed E-state index contributed by atoms with van der Waals surface area (Å²) in [6.45, 7) is 17.4. The molecule has 0 aliphatic heterocycles. The summed E-state index contributed by atoms with van der Waals surface area (Å²) in [5.74, 6) is 0. The lowest BCUT2D eigenvalue weighted by molar-refractivity contribution is 0.0152. The van der Waals surface area contributed by atoms with Crippen LogP contribution in [0.5, 0.6) is 0 Å². The molecule has 0 aliphatic carbocycles. The predicted molar refractivity (Wildman–Crippen MR) is 165 cm³/mol. The Morgan fingerprint density at radius 2 is 1.10 bits per heavy atom. The van der Waals surface area contributed by atoms with Crippen molar-refractivity contribution in [2.75, 3.05) is 33.0 Å². The molecule has 3 aromatic rings. The van der Waals surface area contributed by atoms with Crippen molar-refractivity contribution in [3.05, 3.63) is 111 Å². The summed E-state index contributed by atoms with van der Waals surface area (Å²) in [6.07, 6.45) is 1.69. The van der Waals surface area contributed by atoms with Crippen LogP contribution in [0.25, 0.3) is 0 Å². The van der Waals surface area contributed by atoms with Gasteiger partial charge in [-0.2, -0.15) is 0 Å². The average molecular weight is 577 g/mol. The predicted octanol–water partition coefficient (Wildman–Crippen LogP) is 6.94. The first-order chi connectivity index (χ1) is 19.5. The van der Waals surface area contributed by atoms with E-state index in [1.165, 1.54) is 0 Å². The fourth-order valence-corrected chi connectivity index (χ4v) is 7.73. The molecule has 3 aromatic carbocycles. The molecule has 0 spiro atoms. The maximum absolute atomic E-state index is 15.0. The zero-order chi connectivity index (χ0) is 30.2. The van der Waals surface area contributed by atoms with Gasteiger partial charge in [0.05, 0.1) is 39.6 Å². The van der Waals surface area contributed by atoms with Crippen molar-refractivity contribution in [1.82, 2.24) is 0 Å². The lowest BCUT2D eigenvalue weighted by Gasteiger charge is -2.21. The van der Waals surface area contributed by atoms with E-state index in [9.17, 15) is 14.2 Å². The van der Waals surface area contributed by atoms with E-state index in [4.69, 9.17) is 14.2 Å². The number of benzene rings is 3. The molecular formula is C34H41O6P. The molecule has 218 valence electrons. The first kappa shape index (κ1) is 32.4. The Bertz CT molecular complexity index is 1340. The molecule has 0 unspecified atom stereocenters. The van der Waals surface area contributed by atoms with E-state index in [1.54, 1.807) is 30.3 Å². The number of carbonyl (C=O) groups is 2. The number of aryl methyl sites for hydroxylation is 6. The summed E-state index contributed by atoms with van der Waals surface area (Å²) >= 11 is 0. The fourth-order valence-electron chi connectivity index (χ4n) is 5.17. The Morgan fingerprint density at radius 3 is 1.54 bits per heavy atom. The van der Waals surface area contributed by atoms with E-state index in [0.29, 0.717) is 73.0 Å². The van der Waals surface area contributed by atoms with Gasteiger partial charge in [0, 0.05) is 16.4 Å². The number of rotatable bonds is 15. The van der Waals surface area contributed by atoms with E-state index >= 15 is 0 Å². The molecule has 6 nitrogen and oxygen atoms in total. The van der Waals surface area contributed by atoms with Crippen LogP contribution in [0.3, 0.4) is 0 Å². The Hall–Kier alpha value is -3.15. The lowest BCUT2D eigenvalue weighted by atomic mass is 10.0. The molecule has 41 heavy (non-hydrogen) atoms. The topological polar surface area (TPSA) is 78.9 Å². The third-order valence-corrected chi connectivity index (χ3v) is 9.52. The van der Waals surface area contributed by atoms with E-state index < -0.39 is 18.2 Å². The summed E-state index contributed by atoms with van der Waals surface area (Å²) < 4.78 is 31.4. The Labute approximate surface area is 244 Å². The minimum absolute atomic E-state index is 0.220. The number of carbonyl (C=O) groups excluding carboxylic acids is 2. The fraction of sp³-hybridized carbons (Fsp3) is 0.353. The van der Waals surface area contributed by atoms with Crippen molar-refractivity contribution < 1.29 is 28.4 Å². The average Bonchev–Trinajstić information content (AvgIpc) is 2.90. The number of hydrogen-bond donors (Lipinski definition) is 0. The minimum Gasteiger partial charge on any atom is -0.377 e. The molecule has 0 radical (unpaired) electrons. The van der Waals surface area contributed by atoms with Gasteiger partial charge in [-0.05, 0) is 69.4 Å². The summed E-state index contributed by atoms with van der Waals surface area (Å²) in [5, 5.41) is 0.220. The van der Waals surface area contributed by atoms with E-state index in [-0.39, 0.29) is 5.30 Å². The first-order valence-electron chi connectivity index (χ1n) is 13.8. The van der Waals surface area contributed by atoms with Crippen LogP contribution in [0.4, 0.5) is 0 Å². The van der Waals surface area contributed by atoms with Crippen molar-refractivity contribution in [2.45, 2.75) is 48.1 Å². The summed E-state index contributed by atoms with van der Waals surface area (Å²) in [7, 11) is -4.26. The third kappa shape index (κ3) is 7.78. The van der Waals surface area contributed by atoms with Crippen molar-refractivity contribution in [3.8, 4) is 0 Å². The first-order valence-corrected chi connectivity index (χ1v) is 15.5. The molecule has 0 aromatic heterocycles. The van der Waals surface area contributed by atoms with Gasteiger partial charge in [-0.15, -0.1) is 6.58 Å². The van der Waals surface area contributed by atoms with Crippen LogP contribution < -0.4 is 5.30 Å². The maximum atomic E-state index is 15.0. The highest BCUT2D eigenvalue weighted by Gasteiger charge is 2.44. The second kappa shape index (κ2) is 14.7. The van der Waals surface area contributed by atoms with E-state index in [2.05, 4.69) is 6.58 Å². The molecule has 0 amide bonds. The second-order valence-electron chi connectivity index (χ2n) is 10.5. The van der Waals surface area contributed by atoms with Crippen LogP contribution in [0.1, 0.15) is 59.7 Å². The van der Waals surface area contributed by atoms with Gasteiger partial charge >= 0.3 is 0 Å². The third-order valence-electron chi connectivity index (χ3n) is 6.90. The van der Waals surface area contributed by atoms with Gasteiger partial charge in [-0.3, -0.25) is 9.59 Å². The van der Waals surface area contributed by atoms with Gasteiger partial charge in [-0.1, -0.05) is 65.7 Å². The molecule has 0 saturated heterocycles. The summed E-state index contributed by atoms with van der Waals surface area (Å²) in [5.41, 5.74) is 5.08. The molecule has 0 aliphatic rings. The SMILES string of the molecule is C=CCOCCOCCOCc1ccc(P(=O)(C(=O)c2c(C)cc(C)cc2C)C(=O)c2c(C)cc(C)cc2C)cc1. The normalized spacial score (nSPS) is 11.5. The second-order valence-corrected chi connectivity index (χ2v) is 13.0. The highest BCUT2D eigenvalue weighted by molar-refractivity contribution is 8.01.